The summed E-state index contributed by atoms with van der Waals surface area (Å²) in [5, 5.41) is 2.57. The summed E-state index contributed by atoms with van der Waals surface area (Å²) in [7, 11) is 0. The first-order chi connectivity index (χ1) is 11.5. The molecule has 2 atom stereocenters. The summed E-state index contributed by atoms with van der Waals surface area (Å²) in [6, 6.07) is 3.83. The molecule has 7 heteroatoms. The van der Waals surface area contributed by atoms with Crippen LogP contribution in [0.3, 0.4) is 0 Å². The number of halogens is 1. The number of primary amides is 1. The number of anilines is 1. The summed E-state index contributed by atoms with van der Waals surface area (Å²) >= 11 is 0. The summed E-state index contributed by atoms with van der Waals surface area (Å²) in [5.41, 5.74) is 5.35. The molecule has 2 unspecified atom stereocenters. The normalized spacial score (nSPS) is 24.3. The van der Waals surface area contributed by atoms with Gasteiger partial charge >= 0.3 is 6.03 Å². The van der Waals surface area contributed by atoms with Crippen LogP contribution in [0, 0.1) is 5.82 Å². The van der Waals surface area contributed by atoms with Crippen molar-refractivity contribution in [3.63, 3.8) is 0 Å². The monoisotopic (exact) mass is 334 g/mol. The number of urea groups is 1. The van der Waals surface area contributed by atoms with E-state index >= 15 is 0 Å². The molecule has 1 aromatic rings. The van der Waals surface area contributed by atoms with Crippen LogP contribution < -0.4 is 11.1 Å². The minimum absolute atomic E-state index is 0.0203. The number of amides is 3. The van der Waals surface area contributed by atoms with E-state index in [4.69, 9.17) is 5.73 Å². The van der Waals surface area contributed by atoms with Gasteiger partial charge in [0.05, 0.1) is 5.69 Å². The number of carbonyl (C=O) groups is 2. The highest BCUT2D eigenvalue weighted by Crippen LogP contribution is 2.26. The first kappa shape index (κ1) is 16.7. The molecule has 0 spiro atoms. The minimum atomic E-state index is -0.658. The van der Waals surface area contributed by atoms with Crippen LogP contribution in [0.4, 0.5) is 14.9 Å². The molecular weight excluding hydrogens is 311 g/mol. The molecule has 0 radical (unpaired) electrons. The van der Waals surface area contributed by atoms with Crippen LogP contribution in [0.1, 0.15) is 36.5 Å². The molecule has 6 nitrogen and oxygen atoms in total. The predicted octanol–water partition coefficient (Wildman–Crippen LogP) is 2.02. The molecule has 1 aromatic carbocycles. The van der Waals surface area contributed by atoms with E-state index in [2.05, 4.69) is 10.2 Å². The average Bonchev–Trinajstić information content (AvgIpc) is 3.18. The summed E-state index contributed by atoms with van der Waals surface area (Å²) in [6.07, 6.45) is 3.35. The third kappa shape index (κ3) is 3.36. The molecule has 24 heavy (non-hydrogen) atoms. The molecule has 0 aliphatic carbocycles. The maximum Gasteiger partial charge on any atom is 0.322 e. The van der Waals surface area contributed by atoms with Gasteiger partial charge in [-0.05, 0) is 57.5 Å². The molecular formula is C17H23FN4O2. The van der Waals surface area contributed by atoms with Gasteiger partial charge in [-0.1, -0.05) is 0 Å². The minimum Gasteiger partial charge on any atom is -0.366 e. The first-order valence-corrected chi connectivity index (χ1v) is 8.36. The number of benzene rings is 1. The second kappa shape index (κ2) is 6.76. The van der Waals surface area contributed by atoms with Gasteiger partial charge in [-0.2, -0.15) is 0 Å². The van der Waals surface area contributed by atoms with Gasteiger partial charge in [0, 0.05) is 24.2 Å². The molecule has 2 saturated heterocycles. The zero-order valence-corrected chi connectivity index (χ0v) is 13.8. The van der Waals surface area contributed by atoms with E-state index in [1.807, 2.05) is 6.92 Å². The van der Waals surface area contributed by atoms with Gasteiger partial charge in [0.2, 0.25) is 5.91 Å². The third-order valence-corrected chi connectivity index (χ3v) is 4.96. The van der Waals surface area contributed by atoms with Crippen LogP contribution in [0.15, 0.2) is 18.2 Å². The van der Waals surface area contributed by atoms with Crippen molar-refractivity contribution in [2.24, 2.45) is 5.73 Å². The highest BCUT2D eigenvalue weighted by Gasteiger charge is 2.36. The Labute approximate surface area is 140 Å². The standard InChI is InChI=1S/C17H23FN4O2/c1-11-8-13(21-6-2-3-7-21)10-22(11)17(24)20-15-9-12(16(19)23)4-5-14(15)18/h4-5,9,11,13H,2-3,6-8,10H2,1H3,(H2,19,23)(H,20,24). The Hall–Kier alpha value is -2.15. The van der Waals surface area contributed by atoms with Crippen LogP contribution in [0.25, 0.3) is 0 Å². The zero-order valence-electron chi connectivity index (χ0n) is 13.8. The van der Waals surface area contributed by atoms with Crippen LogP contribution in [0.2, 0.25) is 0 Å². The van der Waals surface area contributed by atoms with E-state index in [1.54, 1.807) is 4.90 Å². The molecule has 3 amide bonds. The number of nitrogens with two attached hydrogens (primary N) is 1. The van der Waals surface area contributed by atoms with E-state index in [0.29, 0.717) is 12.6 Å². The lowest BCUT2D eigenvalue weighted by Gasteiger charge is -2.24. The number of carbonyl (C=O) groups excluding carboxylic acids is 2. The van der Waals surface area contributed by atoms with Crippen molar-refractivity contribution in [3.05, 3.63) is 29.6 Å². The van der Waals surface area contributed by atoms with Crippen molar-refractivity contribution in [2.75, 3.05) is 25.0 Å². The molecule has 0 bridgehead atoms. The molecule has 2 aliphatic rings. The zero-order chi connectivity index (χ0) is 17.3. The Morgan fingerprint density at radius 2 is 2.00 bits per heavy atom. The lowest BCUT2D eigenvalue weighted by molar-refractivity contribution is 0.1000. The van der Waals surface area contributed by atoms with E-state index in [1.165, 1.54) is 25.0 Å². The molecule has 0 aromatic heterocycles. The van der Waals surface area contributed by atoms with Crippen molar-refractivity contribution in [1.82, 2.24) is 9.80 Å². The Bertz CT molecular complexity index is 645. The van der Waals surface area contributed by atoms with Crippen LogP contribution in [0.5, 0.6) is 0 Å². The maximum atomic E-state index is 13.9. The number of nitrogens with zero attached hydrogens (tertiary/aromatic N) is 2. The summed E-state index contributed by atoms with van der Waals surface area (Å²) < 4.78 is 13.9. The number of hydrogen-bond donors (Lipinski definition) is 2. The van der Waals surface area contributed by atoms with E-state index in [9.17, 15) is 14.0 Å². The van der Waals surface area contributed by atoms with Crippen LogP contribution in [-0.4, -0.2) is 53.5 Å². The Kier molecular flexibility index (Phi) is 4.71. The van der Waals surface area contributed by atoms with Crippen molar-refractivity contribution >= 4 is 17.6 Å². The van der Waals surface area contributed by atoms with Gasteiger partial charge in [-0.25, -0.2) is 9.18 Å². The average molecular weight is 334 g/mol. The Morgan fingerprint density at radius 1 is 1.29 bits per heavy atom. The summed E-state index contributed by atoms with van der Waals surface area (Å²) in [4.78, 5) is 27.9. The smallest absolute Gasteiger partial charge is 0.322 e. The van der Waals surface area contributed by atoms with Crippen molar-refractivity contribution < 1.29 is 14.0 Å². The fourth-order valence-electron chi connectivity index (χ4n) is 3.62. The largest absolute Gasteiger partial charge is 0.366 e. The third-order valence-electron chi connectivity index (χ3n) is 4.96. The van der Waals surface area contributed by atoms with E-state index < -0.39 is 11.7 Å². The van der Waals surface area contributed by atoms with E-state index in [0.717, 1.165) is 25.6 Å². The molecule has 130 valence electrons. The number of nitrogens with one attached hydrogen (secondary N) is 1. The Balaban J connectivity index is 1.68. The molecule has 2 fully saturated rings. The fourth-order valence-corrected chi connectivity index (χ4v) is 3.62. The molecule has 3 rings (SSSR count). The second-order valence-corrected chi connectivity index (χ2v) is 6.62. The molecule has 0 saturated carbocycles. The second-order valence-electron chi connectivity index (χ2n) is 6.62. The quantitative estimate of drug-likeness (QED) is 0.887. The van der Waals surface area contributed by atoms with Gasteiger partial charge in [-0.15, -0.1) is 0 Å². The van der Waals surface area contributed by atoms with Crippen LogP contribution in [-0.2, 0) is 0 Å². The molecule has 3 N–H and O–H groups in total. The molecule has 2 heterocycles. The van der Waals surface area contributed by atoms with Gasteiger partial charge in [0.25, 0.3) is 0 Å². The predicted molar refractivity (Wildman–Crippen MR) is 89.3 cm³/mol. The Morgan fingerprint density at radius 3 is 2.67 bits per heavy atom. The van der Waals surface area contributed by atoms with Gasteiger partial charge < -0.3 is 16.0 Å². The highest BCUT2D eigenvalue weighted by atomic mass is 19.1. The lowest BCUT2D eigenvalue weighted by Crippen LogP contribution is -2.40. The fraction of sp³-hybridized carbons (Fsp3) is 0.529. The van der Waals surface area contributed by atoms with Crippen molar-refractivity contribution in [3.8, 4) is 0 Å². The highest BCUT2D eigenvalue weighted by molar-refractivity contribution is 5.96. The van der Waals surface area contributed by atoms with Gasteiger partial charge in [-0.3, -0.25) is 9.69 Å². The van der Waals surface area contributed by atoms with Gasteiger partial charge in [0.1, 0.15) is 5.82 Å². The topological polar surface area (TPSA) is 78.7 Å². The maximum absolute atomic E-state index is 13.9. The SMILES string of the molecule is CC1CC(N2CCCC2)CN1C(=O)Nc1cc(C(N)=O)ccc1F. The first-order valence-electron chi connectivity index (χ1n) is 8.36. The summed E-state index contributed by atoms with van der Waals surface area (Å²) in [5.74, 6) is -1.24. The summed E-state index contributed by atoms with van der Waals surface area (Å²) in [6.45, 7) is 4.82. The van der Waals surface area contributed by atoms with Gasteiger partial charge in [0.15, 0.2) is 0 Å². The van der Waals surface area contributed by atoms with Crippen molar-refractivity contribution in [1.29, 1.82) is 0 Å². The van der Waals surface area contributed by atoms with E-state index in [-0.39, 0.29) is 23.3 Å². The number of rotatable bonds is 3. The van der Waals surface area contributed by atoms with Crippen molar-refractivity contribution in [2.45, 2.75) is 38.3 Å². The molecule has 2 aliphatic heterocycles. The lowest BCUT2D eigenvalue weighted by atomic mass is 10.2. The van der Waals surface area contributed by atoms with Crippen LogP contribution >= 0.6 is 0 Å². The number of hydrogen-bond acceptors (Lipinski definition) is 3. The number of likely N-dealkylation sites (tertiary alicyclic amines) is 2.